The van der Waals surface area contributed by atoms with Gasteiger partial charge in [-0.1, -0.05) is 26.0 Å². The Kier molecular flexibility index (Phi) is 4.35. The Morgan fingerprint density at radius 2 is 1.58 bits per heavy atom. The van der Waals surface area contributed by atoms with Crippen LogP contribution in [0.1, 0.15) is 30.9 Å². The van der Waals surface area contributed by atoms with Gasteiger partial charge in [-0.2, -0.15) is 0 Å². The summed E-state index contributed by atoms with van der Waals surface area (Å²) in [5, 5.41) is 0. The van der Waals surface area contributed by atoms with E-state index in [1.807, 2.05) is 30.5 Å². The van der Waals surface area contributed by atoms with E-state index in [1.54, 1.807) is 7.11 Å². The van der Waals surface area contributed by atoms with E-state index in [4.69, 9.17) is 4.74 Å². The van der Waals surface area contributed by atoms with Gasteiger partial charge in [-0.25, -0.2) is 0 Å². The molecule has 0 radical (unpaired) electrons. The van der Waals surface area contributed by atoms with Crippen LogP contribution in [0.2, 0.25) is 0 Å². The van der Waals surface area contributed by atoms with Gasteiger partial charge in [0.2, 0.25) is 0 Å². The highest BCUT2D eigenvalue weighted by atomic mass is 16.5. The Morgan fingerprint density at radius 3 is 2.11 bits per heavy atom. The fourth-order valence-electron chi connectivity index (χ4n) is 1.78. The summed E-state index contributed by atoms with van der Waals surface area (Å²) >= 11 is 0. The number of aliphatic imine (C=N–C) groups is 1. The summed E-state index contributed by atoms with van der Waals surface area (Å²) in [5.41, 5.74) is 3.37. The maximum atomic E-state index is 5.12. The molecule has 2 aromatic carbocycles. The van der Waals surface area contributed by atoms with Crippen molar-refractivity contribution in [2.24, 2.45) is 4.99 Å². The Hall–Kier alpha value is -2.09. The molecular weight excluding hydrogens is 234 g/mol. The highest BCUT2D eigenvalue weighted by Crippen LogP contribution is 2.19. The molecule has 0 aliphatic rings. The standard InChI is InChI=1S/C17H19NO/c1-13(2)15-6-8-16(9-7-15)18-12-14-4-10-17(19-3)11-5-14/h4-13H,1-3H3. The van der Waals surface area contributed by atoms with Crippen LogP contribution in [-0.4, -0.2) is 13.3 Å². The van der Waals surface area contributed by atoms with Gasteiger partial charge in [0.1, 0.15) is 5.75 Å². The van der Waals surface area contributed by atoms with Gasteiger partial charge >= 0.3 is 0 Å². The molecular formula is C17H19NO. The summed E-state index contributed by atoms with van der Waals surface area (Å²) in [5.74, 6) is 1.41. The van der Waals surface area contributed by atoms with Crippen LogP contribution in [0, 0.1) is 0 Å². The van der Waals surface area contributed by atoms with Crippen LogP contribution in [0.15, 0.2) is 53.5 Å². The molecule has 0 heterocycles. The lowest BCUT2D eigenvalue weighted by atomic mass is 10.0. The molecule has 0 atom stereocenters. The van der Waals surface area contributed by atoms with Crippen molar-refractivity contribution in [2.75, 3.05) is 7.11 Å². The minimum Gasteiger partial charge on any atom is -0.497 e. The zero-order valence-electron chi connectivity index (χ0n) is 11.6. The first-order chi connectivity index (χ1) is 9.19. The van der Waals surface area contributed by atoms with Crippen molar-refractivity contribution < 1.29 is 4.74 Å². The molecule has 0 aliphatic carbocycles. The van der Waals surface area contributed by atoms with Crippen molar-refractivity contribution in [2.45, 2.75) is 19.8 Å². The molecule has 0 aliphatic heterocycles. The molecule has 0 fully saturated rings. The zero-order chi connectivity index (χ0) is 13.7. The maximum absolute atomic E-state index is 5.12. The maximum Gasteiger partial charge on any atom is 0.118 e. The van der Waals surface area contributed by atoms with Gasteiger partial charge in [0.25, 0.3) is 0 Å². The third-order valence-electron chi connectivity index (χ3n) is 3.04. The predicted molar refractivity (Wildman–Crippen MR) is 80.8 cm³/mol. The fourth-order valence-corrected chi connectivity index (χ4v) is 1.78. The first kappa shape index (κ1) is 13.3. The van der Waals surface area contributed by atoms with Gasteiger partial charge in [-0.15, -0.1) is 0 Å². The smallest absolute Gasteiger partial charge is 0.118 e. The van der Waals surface area contributed by atoms with Crippen molar-refractivity contribution >= 4 is 11.9 Å². The van der Waals surface area contributed by atoms with Crippen LogP contribution in [-0.2, 0) is 0 Å². The highest BCUT2D eigenvalue weighted by molar-refractivity contribution is 5.82. The Morgan fingerprint density at radius 1 is 0.947 bits per heavy atom. The summed E-state index contributed by atoms with van der Waals surface area (Å²) in [6.07, 6.45) is 1.86. The lowest BCUT2D eigenvalue weighted by Gasteiger charge is -2.04. The van der Waals surface area contributed by atoms with Gasteiger partial charge < -0.3 is 4.74 Å². The van der Waals surface area contributed by atoms with Gasteiger partial charge in [0.15, 0.2) is 0 Å². The molecule has 0 bridgehead atoms. The van der Waals surface area contributed by atoms with E-state index in [0.29, 0.717) is 5.92 Å². The normalized spacial score (nSPS) is 11.2. The minimum absolute atomic E-state index is 0.555. The molecule has 2 nitrogen and oxygen atoms in total. The Bertz CT molecular complexity index is 538. The van der Waals surface area contributed by atoms with Crippen molar-refractivity contribution in [1.29, 1.82) is 0 Å². The average Bonchev–Trinajstić information content (AvgIpc) is 2.46. The van der Waals surface area contributed by atoms with E-state index < -0.39 is 0 Å². The van der Waals surface area contributed by atoms with E-state index in [-0.39, 0.29) is 0 Å². The molecule has 19 heavy (non-hydrogen) atoms. The SMILES string of the molecule is COc1ccc(C=Nc2ccc(C(C)C)cc2)cc1. The van der Waals surface area contributed by atoms with E-state index in [2.05, 4.69) is 43.1 Å². The number of hydrogen-bond donors (Lipinski definition) is 0. The Labute approximate surface area is 114 Å². The molecule has 0 saturated carbocycles. The summed E-state index contributed by atoms with van der Waals surface area (Å²) in [6.45, 7) is 4.38. The lowest BCUT2D eigenvalue weighted by Crippen LogP contribution is -1.85. The van der Waals surface area contributed by atoms with E-state index in [9.17, 15) is 0 Å². The second-order valence-corrected chi connectivity index (χ2v) is 4.78. The fraction of sp³-hybridized carbons (Fsp3) is 0.235. The number of ether oxygens (including phenoxy) is 1. The number of hydrogen-bond acceptors (Lipinski definition) is 2. The number of benzene rings is 2. The third-order valence-corrected chi connectivity index (χ3v) is 3.04. The third kappa shape index (κ3) is 3.68. The highest BCUT2D eigenvalue weighted by Gasteiger charge is 1.97. The molecule has 0 saturated heterocycles. The van der Waals surface area contributed by atoms with Crippen LogP contribution in [0.3, 0.4) is 0 Å². The van der Waals surface area contributed by atoms with Crippen LogP contribution < -0.4 is 4.74 Å². The Balaban J connectivity index is 2.08. The second-order valence-electron chi connectivity index (χ2n) is 4.78. The zero-order valence-corrected chi connectivity index (χ0v) is 11.6. The average molecular weight is 253 g/mol. The van der Waals surface area contributed by atoms with Gasteiger partial charge in [-0.05, 0) is 53.4 Å². The van der Waals surface area contributed by atoms with Crippen molar-refractivity contribution in [1.82, 2.24) is 0 Å². The lowest BCUT2D eigenvalue weighted by molar-refractivity contribution is 0.415. The molecule has 0 amide bonds. The minimum atomic E-state index is 0.555. The van der Waals surface area contributed by atoms with Crippen LogP contribution >= 0.6 is 0 Å². The van der Waals surface area contributed by atoms with Crippen molar-refractivity contribution in [3.8, 4) is 5.75 Å². The molecule has 0 spiro atoms. The van der Waals surface area contributed by atoms with Crippen molar-refractivity contribution in [3.05, 3.63) is 59.7 Å². The van der Waals surface area contributed by atoms with E-state index in [1.165, 1.54) is 5.56 Å². The second kappa shape index (κ2) is 6.19. The van der Waals surface area contributed by atoms with Gasteiger partial charge in [0.05, 0.1) is 12.8 Å². The molecule has 0 aromatic heterocycles. The van der Waals surface area contributed by atoms with Crippen LogP contribution in [0.5, 0.6) is 5.75 Å². The predicted octanol–water partition coefficient (Wildman–Crippen LogP) is 4.57. The first-order valence-corrected chi connectivity index (χ1v) is 6.47. The van der Waals surface area contributed by atoms with E-state index in [0.717, 1.165) is 17.0 Å². The quantitative estimate of drug-likeness (QED) is 0.731. The molecule has 2 rings (SSSR count). The molecule has 0 N–H and O–H groups in total. The summed E-state index contributed by atoms with van der Waals surface area (Å²) in [4.78, 5) is 4.47. The monoisotopic (exact) mass is 253 g/mol. The topological polar surface area (TPSA) is 21.6 Å². The number of methoxy groups -OCH3 is 1. The van der Waals surface area contributed by atoms with Gasteiger partial charge in [0, 0.05) is 6.21 Å². The van der Waals surface area contributed by atoms with Gasteiger partial charge in [-0.3, -0.25) is 4.99 Å². The largest absolute Gasteiger partial charge is 0.497 e. The van der Waals surface area contributed by atoms with E-state index >= 15 is 0 Å². The molecule has 98 valence electrons. The molecule has 2 heteroatoms. The summed E-state index contributed by atoms with van der Waals surface area (Å²) < 4.78 is 5.12. The van der Waals surface area contributed by atoms with Crippen molar-refractivity contribution in [3.63, 3.8) is 0 Å². The number of rotatable bonds is 4. The first-order valence-electron chi connectivity index (χ1n) is 6.47. The molecule has 0 unspecified atom stereocenters. The van der Waals surface area contributed by atoms with Crippen LogP contribution in [0.4, 0.5) is 5.69 Å². The summed E-state index contributed by atoms with van der Waals surface area (Å²) in [6, 6.07) is 16.2. The molecule has 2 aromatic rings. The summed E-state index contributed by atoms with van der Waals surface area (Å²) in [7, 11) is 1.67. The number of nitrogens with zero attached hydrogens (tertiary/aromatic N) is 1. The van der Waals surface area contributed by atoms with Crippen LogP contribution in [0.25, 0.3) is 0 Å².